The van der Waals surface area contributed by atoms with Gasteiger partial charge in [0.15, 0.2) is 17.4 Å². The van der Waals surface area contributed by atoms with E-state index < -0.39 is 0 Å². The fraction of sp³-hybridized carbons (Fsp3) is 0.0909. The van der Waals surface area contributed by atoms with Gasteiger partial charge in [-0.15, -0.1) is 5.23 Å². The molecule has 29 heavy (non-hydrogen) atoms. The van der Waals surface area contributed by atoms with Crippen molar-refractivity contribution in [3.05, 3.63) is 89.7 Å². The molecule has 0 atom stereocenters. The van der Waals surface area contributed by atoms with Gasteiger partial charge in [-0.25, -0.2) is 0 Å². The summed E-state index contributed by atoms with van der Waals surface area (Å²) in [6.07, 6.45) is 3.50. The quantitative estimate of drug-likeness (QED) is 0.198. The maximum atomic E-state index is 13.3. The zero-order valence-electron chi connectivity index (χ0n) is 16.0. The van der Waals surface area contributed by atoms with Crippen LogP contribution >= 0.6 is 12.2 Å². The second-order valence-electron chi connectivity index (χ2n) is 6.57. The molecule has 1 heterocycles. The van der Waals surface area contributed by atoms with Crippen LogP contribution in [0.2, 0.25) is 0 Å². The third-order valence-electron chi connectivity index (χ3n) is 4.39. The third-order valence-corrected chi connectivity index (χ3v) is 4.69. The number of hydrogen-bond acceptors (Lipinski definition) is 5. The molecule has 0 spiro atoms. The number of nitrogens with zero attached hydrogens (tertiary/aromatic N) is 2. The smallest absolute Gasteiger partial charge is 0.238 e. The summed E-state index contributed by atoms with van der Waals surface area (Å²) >= 11 is 5.60. The third kappa shape index (κ3) is 4.78. The van der Waals surface area contributed by atoms with E-state index in [1.807, 2.05) is 50.2 Å². The van der Waals surface area contributed by atoms with Crippen molar-refractivity contribution >= 4 is 40.0 Å². The van der Waals surface area contributed by atoms with Gasteiger partial charge in [-0.3, -0.25) is 10.4 Å². The first-order valence-corrected chi connectivity index (χ1v) is 9.32. The van der Waals surface area contributed by atoms with E-state index in [2.05, 4.69) is 5.32 Å². The number of hydrogen-bond donors (Lipinski definition) is 3. The first-order chi connectivity index (χ1) is 13.9. The highest BCUT2D eigenvalue weighted by Gasteiger charge is 2.19. The van der Waals surface area contributed by atoms with Crippen molar-refractivity contribution in [2.24, 2.45) is 0 Å². The second-order valence-corrected chi connectivity index (χ2v) is 6.98. The standard InChI is InChI=1S/C22H21N3O3S/c1-15-6-11-19(16(2)14-15)23-22(29)20(24-12-4-3-5-13-24)21(26)17-7-9-18(10-8-17)25(27)28/h3-14,27-28H,1-2H3,(H-,23,26,29). The van der Waals surface area contributed by atoms with E-state index in [4.69, 9.17) is 22.6 Å². The number of rotatable bonds is 5. The number of aryl methyl sites for hydroxylation is 2. The molecule has 3 aromatic rings. The van der Waals surface area contributed by atoms with Gasteiger partial charge >= 0.3 is 0 Å². The van der Waals surface area contributed by atoms with E-state index in [-0.39, 0.29) is 27.4 Å². The van der Waals surface area contributed by atoms with Crippen molar-refractivity contribution in [1.29, 1.82) is 0 Å². The first-order valence-electron chi connectivity index (χ1n) is 8.91. The van der Waals surface area contributed by atoms with Gasteiger partial charge in [-0.05, 0) is 48.9 Å². The fourth-order valence-corrected chi connectivity index (χ4v) is 3.21. The number of anilines is 2. The molecular weight excluding hydrogens is 386 g/mol. The Morgan fingerprint density at radius 1 is 1.00 bits per heavy atom. The molecule has 0 unspecified atom stereocenters. The largest absolute Gasteiger partial charge is 0.867 e. The van der Waals surface area contributed by atoms with Crippen LogP contribution in [-0.2, 0) is 0 Å². The molecule has 0 fully saturated rings. The van der Waals surface area contributed by atoms with Crippen LogP contribution in [0.15, 0.2) is 73.1 Å². The molecule has 6 nitrogen and oxygen atoms in total. The lowest BCUT2D eigenvalue weighted by molar-refractivity contribution is -0.577. The zero-order chi connectivity index (χ0) is 21.0. The molecule has 2 aromatic carbocycles. The SMILES string of the molecule is Cc1ccc(NC(=S)/C(=C(\[O-])c2ccc(N(O)O)cc2)[n+]2ccccc2)c(C)c1. The summed E-state index contributed by atoms with van der Waals surface area (Å²) in [4.78, 5) is 0.285. The Hall–Kier alpha value is -3.26. The number of pyridine rings is 1. The minimum Gasteiger partial charge on any atom is -0.867 e. The maximum absolute atomic E-state index is 13.3. The van der Waals surface area contributed by atoms with Crippen molar-refractivity contribution in [3.63, 3.8) is 0 Å². The van der Waals surface area contributed by atoms with E-state index in [0.717, 1.165) is 16.8 Å². The van der Waals surface area contributed by atoms with Crippen LogP contribution < -0.4 is 20.2 Å². The molecule has 0 saturated carbocycles. The molecular formula is C22H21N3O3S. The molecule has 0 saturated heterocycles. The number of nitrogens with one attached hydrogen (secondary N) is 1. The predicted molar refractivity (Wildman–Crippen MR) is 114 cm³/mol. The highest BCUT2D eigenvalue weighted by Crippen LogP contribution is 2.21. The van der Waals surface area contributed by atoms with E-state index in [1.54, 1.807) is 17.0 Å². The lowest BCUT2D eigenvalue weighted by Gasteiger charge is -2.18. The highest BCUT2D eigenvalue weighted by atomic mass is 32.1. The van der Waals surface area contributed by atoms with Gasteiger partial charge in [-0.2, -0.15) is 4.57 Å². The number of aromatic nitrogens is 1. The number of thiocarbonyl (C=S) groups is 1. The van der Waals surface area contributed by atoms with Crippen molar-refractivity contribution in [2.75, 3.05) is 10.5 Å². The Kier molecular flexibility index (Phi) is 6.23. The van der Waals surface area contributed by atoms with Gasteiger partial charge in [0.05, 0.1) is 5.69 Å². The first kappa shape index (κ1) is 20.5. The van der Waals surface area contributed by atoms with Crippen LogP contribution in [-0.4, -0.2) is 15.4 Å². The summed E-state index contributed by atoms with van der Waals surface area (Å²) < 4.78 is 1.67. The zero-order valence-corrected chi connectivity index (χ0v) is 16.9. The second kappa shape index (κ2) is 8.83. The van der Waals surface area contributed by atoms with Crippen LogP contribution in [0.4, 0.5) is 11.4 Å². The topological polar surface area (TPSA) is 82.7 Å². The molecule has 0 aliphatic rings. The van der Waals surface area contributed by atoms with E-state index >= 15 is 0 Å². The summed E-state index contributed by atoms with van der Waals surface area (Å²) in [5.74, 6) is -0.294. The monoisotopic (exact) mass is 407 g/mol. The summed E-state index contributed by atoms with van der Waals surface area (Å²) in [5, 5.41) is 34.7. The normalized spacial score (nSPS) is 11.6. The summed E-state index contributed by atoms with van der Waals surface area (Å²) in [6, 6.07) is 17.3. The van der Waals surface area contributed by atoms with Crippen molar-refractivity contribution in [3.8, 4) is 0 Å². The van der Waals surface area contributed by atoms with E-state index in [9.17, 15) is 5.11 Å². The Bertz CT molecular complexity index is 1050. The van der Waals surface area contributed by atoms with Crippen molar-refractivity contribution < 1.29 is 20.1 Å². The Balaban J connectivity index is 2.04. The molecule has 1 aromatic heterocycles. The van der Waals surface area contributed by atoms with E-state index in [0.29, 0.717) is 5.56 Å². The van der Waals surface area contributed by atoms with Crippen LogP contribution in [0.1, 0.15) is 16.7 Å². The maximum Gasteiger partial charge on any atom is 0.238 e. The molecule has 0 aliphatic carbocycles. The van der Waals surface area contributed by atoms with Gasteiger partial charge in [0.2, 0.25) is 5.70 Å². The summed E-state index contributed by atoms with van der Waals surface area (Å²) in [7, 11) is 0. The molecule has 3 N–H and O–H groups in total. The van der Waals surface area contributed by atoms with Gasteiger partial charge in [-0.1, -0.05) is 48.1 Å². The summed E-state index contributed by atoms with van der Waals surface area (Å²) in [5.41, 5.74) is 3.79. The van der Waals surface area contributed by atoms with Crippen LogP contribution in [0.5, 0.6) is 0 Å². The van der Waals surface area contributed by atoms with Gasteiger partial charge < -0.3 is 10.4 Å². The van der Waals surface area contributed by atoms with Gasteiger partial charge in [0.25, 0.3) is 0 Å². The summed E-state index contributed by atoms with van der Waals surface area (Å²) in [6.45, 7) is 3.99. The Morgan fingerprint density at radius 2 is 1.66 bits per heavy atom. The number of benzene rings is 2. The Labute approximate surface area is 174 Å². The molecule has 7 heteroatoms. The van der Waals surface area contributed by atoms with Crippen molar-refractivity contribution in [1.82, 2.24) is 0 Å². The minimum absolute atomic E-state index is 0.00279. The van der Waals surface area contributed by atoms with Crippen molar-refractivity contribution in [2.45, 2.75) is 13.8 Å². The molecule has 0 bridgehead atoms. The average Bonchev–Trinajstić information content (AvgIpc) is 2.71. The molecule has 0 aliphatic heterocycles. The van der Waals surface area contributed by atoms with Crippen LogP contribution in [0.25, 0.3) is 11.5 Å². The predicted octanol–water partition coefficient (Wildman–Crippen LogP) is 3.30. The Morgan fingerprint density at radius 3 is 2.24 bits per heavy atom. The van der Waals surface area contributed by atoms with E-state index in [1.165, 1.54) is 24.3 Å². The molecule has 0 amide bonds. The minimum atomic E-state index is -0.294. The lowest BCUT2D eigenvalue weighted by Crippen LogP contribution is -2.39. The average molecular weight is 407 g/mol. The molecule has 0 radical (unpaired) electrons. The molecule has 148 valence electrons. The molecule has 3 rings (SSSR count). The fourth-order valence-electron chi connectivity index (χ4n) is 2.90. The van der Waals surface area contributed by atoms with Crippen LogP contribution in [0, 0.1) is 13.8 Å². The van der Waals surface area contributed by atoms with Crippen LogP contribution in [0.3, 0.4) is 0 Å². The van der Waals surface area contributed by atoms with Gasteiger partial charge in [0.1, 0.15) is 0 Å². The van der Waals surface area contributed by atoms with Gasteiger partial charge in [0, 0.05) is 17.8 Å². The highest BCUT2D eigenvalue weighted by molar-refractivity contribution is 7.81. The lowest BCUT2D eigenvalue weighted by atomic mass is 10.1.